The van der Waals surface area contributed by atoms with Gasteiger partial charge in [-0.05, 0) is 32.4 Å². The van der Waals surface area contributed by atoms with Crippen molar-refractivity contribution in [3.63, 3.8) is 0 Å². The van der Waals surface area contributed by atoms with Crippen molar-refractivity contribution in [1.29, 1.82) is 0 Å². The normalized spacial score (nSPS) is 16.5. The van der Waals surface area contributed by atoms with Gasteiger partial charge < -0.3 is 10.2 Å². The molecular formula is C13H20N4O. The maximum Gasteiger partial charge on any atom is 0.257 e. The van der Waals surface area contributed by atoms with Crippen LogP contribution in [-0.4, -0.2) is 46.5 Å². The Bertz CT molecular complexity index is 376. The number of nitrogens with one attached hydrogen (secondary N) is 1. The number of carbonyl (C=O) groups is 1. The van der Waals surface area contributed by atoms with Gasteiger partial charge >= 0.3 is 0 Å². The molecule has 1 saturated heterocycles. The fraction of sp³-hybridized carbons (Fsp3) is 0.615. The van der Waals surface area contributed by atoms with Gasteiger partial charge in [0.05, 0.1) is 5.56 Å². The average Bonchev–Trinajstić information content (AvgIpc) is 2.46. The fourth-order valence-electron chi connectivity index (χ4n) is 2.38. The van der Waals surface area contributed by atoms with Crippen LogP contribution in [0, 0.1) is 0 Å². The average molecular weight is 248 g/mol. The summed E-state index contributed by atoms with van der Waals surface area (Å²) < 4.78 is 0. The number of hydrogen-bond donors (Lipinski definition) is 1. The first-order valence-corrected chi connectivity index (χ1v) is 6.59. The van der Waals surface area contributed by atoms with Crippen LogP contribution in [0.25, 0.3) is 0 Å². The highest BCUT2D eigenvalue weighted by molar-refractivity contribution is 5.93. The van der Waals surface area contributed by atoms with E-state index >= 15 is 0 Å². The van der Waals surface area contributed by atoms with Gasteiger partial charge in [0, 0.05) is 25.0 Å². The summed E-state index contributed by atoms with van der Waals surface area (Å²) in [5.74, 6) is 0.0596. The second-order valence-electron chi connectivity index (χ2n) is 4.61. The van der Waals surface area contributed by atoms with E-state index in [1.54, 1.807) is 12.4 Å². The number of aromatic nitrogens is 2. The summed E-state index contributed by atoms with van der Waals surface area (Å²) in [6.07, 6.45) is 7.67. The van der Waals surface area contributed by atoms with Crippen molar-refractivity contribution in [1.82, 2.24) is 20.2 Å². The molecule has 1 aromatic rings. The molecule has 18 heavy (non-hydrogen) atoms. The van der Waals surface area contributed by atoms with E-state index < -0.39 is 0 Å². The van der Waals surface area contributed by atoms with E-state index in [9.17, 15) is 4.79 Å². The third-order valence-corrected chi connectivity index (χ3v) is 3.28. The largest absolute Gasteiger partial charge is 0.335 e. The molecule has 1 aliphatic heterocycles. The lowest BCUT2D eigenvalue weighted by molar-refractivity contribution is 0.0642. The molecule has 0 aliphatic carbocycles. The van der Waals surface area contributed by atoms with Crippen LogP contribution in [0.1, 0.15) is 36.5 Å². The van der Waals surface area contributed by atoms with Crippen LogP contribution in [0.5, 0.6) is 0 Å². The van der Waals surface area contributed by atoms with Crippen LogP contribution in [-0.2, 0) is 0 Å². The Morgan fingerprint density at radius 3 is 2.67 bits per heavy atom. The van der Waals surface area contributed by atoms with E-state index in [0.717, 1.165) is 38.9 Å². The maximum absolute atomic E-state index is 12.5. The lowest BCUT2D eigenvalue weighted by Crippen LogP contribution is -2.46. The predicted octanol–water partition coefficient (Wildman–Crippen LogP) is 1.08. The molecule has 0 spiro atoms. The molecule has 1 aliphatic rings. The Hall–Kier alpha value is -1.49. The quantitative estimate of drug-likeness (QED) is 0.866. The summed E-state index contributed by atoms with van der Waals surface area (Å²) in [6, 6.07) is 0.346. The monoisotopic (exact) mass is 248 g/mol. The van der Waals surface area contributed by atoms with E-state index in [4.69, 9.17) is 0 Å². The van der Waals surface area contributed by atoms with Crippen molar-refractivity contribution in [2.45, 2.75) is 32.2 Å². The Morgan fingerprint density at radius 2 is 2.06 bits per heavy atom. The van der Waals surface area contributed by atoms with Gasteiger partial charge in [0.1, 0.15) is 6.33 Å². The van der Waals surface area contributed by atoms with E-state index in [0.29, 0.717) is 11.6 Å². The van der Waals surface area contributed by atoms with Gasteiger partial charge in [0.25, 0.3) is 5.91 Å². The molecule has 2 heterocycles. The summed E-state index contributed by atoms with van der Waals surface area (Å²) in [5.41, 5.74) is 0.587. The molecule has 1 aromatic heterocycles. The van der Waals surface area contributed by atoms with Crippen molar-refractivity contribution in [2.75, 3.05) is 19.6 Å². The molecule has 1 N–H and O–H groups in total. The lowest BCUT2D eigenvalue weighted by Gasteiger charge is -2.34. The van der Waals surface area contributed by atoms with E-state index in [-0.39, 0.29) is 5.91 Å². The van der Waals surface area contributed by atoms with Gasteiger partial charge in [0.15, 0.2) is 0 Å². The second-order valence-corrected chi connectivity index (χ2v) is 4.61. The lowest BCUT2D eigenvalue weighted by atomic mass is 10.0. The highest BCUT2D eigenvalue weighted by atomic mass is 16.2. The topological polar surface area (TPSA) is 58.1 Å². The molecule has 1 amide bonds. The van der Waals surface area contributed by atoms with Crippen molar-refractivity contribution < 1.29 is 4.79 Å². The molecular weight excluding hydrogens is 228 g/mol. The summed E-state index contributed by atoms with van der Waals surface area (Å²) in [5, 5.41) is 3.33. The van der Waals surface area contributed by atoms with Crippen molar-refractivity contribution in [2.24, 2.45) is 0 Å². The Labute approximate surface area is 108 Å². The number of rotatable bonds is 4. The molecule has 0 atom stereocenters. The van der Waals surface area contributed by atoms with Crippen molar-refractivity contribution in [3.05, 3.63) is 24.3 Å². The minimum absolute atomic E-state index is 0.0596. The highest BCUT2D eigenvalue weighted by Crippen LogP contribution is 2.15. The number of hydrogen-bond acceptors (Lipinski definition) is 4. The van der Waals surface area contributed by atoms with Gasteiger partial charge in [-0.3, -0.25) is 4.79 Å². The van der Waals surface area contributed by atoms with E-state index in [1.165, 1.54) is 6.33 Å². The SMILES string of the molecule is CCCN(C(=O)c1cncnc1)C1CCNCC1. The minimum Gasteiger partial charge on any atom is -0.335 e. The number of carbonyl (C=O) groups excluding carboxylic acids is 1. The summed E-state index contributed by atoms with van der Waals surface area (Å²) >= 11 is 0. The molecule has 0 aromatic carbocycles. The second kappa shape index (κ2) is 6.44. The van der Waals surface area contributed by atoms with Crippen LogP contribution >= 0.6 is 0 Å². The van der Waals surface area contributed by atoms with Gasteiger partial charge in [-0.15, -0.1) is 0 Å². The van der Waals surface area contributed by atoms with Crippen LogP contribution < -0.4 is 5.32 Å². The predicted molar refractivity (Wildman–Crippen MR) is 69.3 cm³/mol. The van der Waals surface area contributed by atoms with Gasteiger partial charge in [-0.2, -0.15) is 0 Å². The summed E-state index contributed by atoms with van der Waals surface area (Å²) in [4.78, 5) is 22.3. The molecule has 5 nitrogen and oxygen atoms in total. The van der Waals surface area contributed by atoms with Crippen LogP contribution in [0.2, 0.25) is 0 Å². The first-order chi connectivity index (χ1) is 8.83. The molecule has 0 radical (unpaired) electrons. The minimum atomic E-state index is 0.0596. The molecule has 0 saturated carbocycles. The van der Waals surface area contributed by atoms with E-state index in [1.807, 2.05) is 4.90 Å². The maximum atomic E-state index is 12.5. The molecule has 2 rings (SSSR count). The zero-order chi connectivity index (χ0) is 12.8. The Kier molecular flexibility index (Phi) is 4.64. The summed E-state index contributed by atoms with van der Waals surface area (Å²) in [7, 11) is 0. The molecule has 5 heteroatoms. The number of nitrogens with zero attached hydrogens (tertiary/aromatic N) is 3. The number of amides is 1. The third kappa shape index (κ3) is 3.04. The zero-order valence-electron chi connectivity index (χ0n) is 10.8. The van der Waals surface area contributed by atoms with Gasteiger partial charge in [0.2, 0.25) is 0 Å². The van der Waals surface area contributed by atoms with Crippen LogP contribution in [0.3, 0.4) is 0 Å². The third-order valence-electron chi connectivity index (χ3n) is 3.28. The Balaban J connectivity index is 2.11. The molecule has 1 fully saturated rings. The Morgan fingerprint density at radius 1 is 1.39 bits per heavy atom. The molecule has 0 bridgehead atoms. The zero-order valence-corrected chi connectivity index (χ0v) is 10.8. The van der Waals surface area contributed by atoms with Crippen LogP contribution in [0.4, 0.5) is 0 Å². The van der Waals surface area contributed by atoms with Crippen LogP contribution in [0.15, 0.2) is 18.7 Å². The van der Waals surface area contributed by atoms with Gasteiger partial charge in [-0.1, -0.05) is 6.92 Å². The van der Waals surface area contributed by atoms with E-state index in [2.05, 4.69) is 22.2 Å². The molecule has 98 valence electrons. The summed E-state index contributed by atoms with van der Waals surface area (Å²) in [6.45, 7) is 4.88. The first-order valence-electron chi connectivity index (χ1n) is 6.59. The highest BCUT2D eigenvalue weighted by Gasteiger charge is 2.25. The first kappa shape index (κ1) is 13.0. The smallest absolute Gasteiger partial charge is 0.257 e. The van der Waals surface area contributed by atoms with Crippen molar-refractivity contribution >= 4 is 5.91 Å². The standard InChI is InChI=1S/C13H20N4O/c1-2-7-17(12-3-5-14-6-4-12)13(18)11-8-15-10-16-9-11/h8-10,12,14H,2-7H2,1H3. The van der Waals surface area contributed by atoms with Gasteiger partial charge in [-0.25, -0.2) is 9.97 Å². The molecule has 0 unspecified atom stereocenters. The number of piperidine rings is 1. The fourth-order valence-corrected chi connectivity index (χ4v) is 2.38. The van der Waals surface area contributed by atoms with Crippen molar-refractivity contribution in [3.8, 4) is 0 Å².